The highest BCUT2D eigenvalue weighted by atomic mass is 35.7. The molecule has 0 spiro atoms. The average molecular weight is 473 g/mol. The van der Waals surface area contributed by atoms with E-state index in [0.29, 0.717) is 4.91 Å². The summed E-state index contributed by atoms with van der Waals surface area (Å²) in [5, 5.41) is 0. The van der Waals surface area contributed by atoms with Crippen molar-refractivity contribution in [2.75, 3.05) is 0 Å². The Labute approximate surface area is 169 Å². The molecule has 0 bridgehead atoms. The third kappa shape index (κ3) is 7.48. The molecule has 9 heteroatoms. The Hall–Kier alpha value is 1.56. The molecule has 0 aliphatic rings. The molecule has 1 unspecified atom stereocenters. The van der Waals surface area contributed by atoms with E-state index in [1.807, 2.05) is 0 Å². The molecule has 0 aliphatic carbocycles. The first-order valence-corrected chi connectivity index (χ1v) is 29.7. The quantitative estimate of drug-likeness (QED) is 0.269. The van der Waals surface area contributed by atoms with Crippen LogP contribution in [0.5, 0.6) is 0 Å². The summed E-state index contributed by atoms with van der Waals surface area (Å²) in [7, 11) is -7.76. The maximum absolute atomic E-state index is 7.94. The van der Waals surface area contributed by atoms with Gasteiger partial charge in [0, 0.05) is 4.91 Å². The van der Waals surface area contributed by atoms with Crippen LogP contribution in [-0.4, -0.2) is 49.8 Å². The lowest BCUT2D eigenvalue weighted by molar-refractivity contribution is 0.963. The second-order valence-electron chi connectivity index (χ2n) is 12.6. The van der Waals surface area contributed by atoms with Crippen LogP contribution in [0.4, 0.5) is 0 Å². The minimum Gasteiger partial charge on any atom is -0.313 e. The van der Waals surface area contributed by atoms with Crippen LogP contribution >= 0.6 is 17.8 Å². The van der Waals surface area contributed by atoms with Gasteiger partial charge in [0.25, 0.3) is 0 Å². The van der Waals surface area contributed by atoms with Crippen LogP contribution < -0.4 is 0 Å². The molecule has 0 aliphatic heterocycles. The third-order valence-corrected chi connectivity index (χ3v) is 39.4. The normalized spacial score (nSPS) is 17.8. The maximum atomic E-state index is 7.94. The van der Waals surface area contributed by atoms with E-state index in [9.17, 15) is 0 Å². The maximum Gasteiger partial charge on any atom is 0.173 e. The van der Waals surface area contributed by atoms with Crippen LogP contribution in [0.2, 0.25) is 98.2 Å². The van der Waals surface area contributed by atoms with Crippen molar-refractivity contribution < 1.29 is 0 Å². The molecule has 0 heterocycles. The molecule has 2 nitrogen and oxygen atoms in total. The summed E-state index contributed by atoms with van der Waals surface area (Å²) >= 11 is 7.94. The molecule has 0 aromatic heterocycles. The van der Waals surface area contributed by atoms with Crippen molar-refractivity contribution in [3.63, 3.8) is 0 Å². The topological polar surface area (TPSA) is 15.6 Å². The van der Waals surface area contributed by atoms with Gasteiger partial charge in [0.1, 0.15) is 16.5 Å². The van der Waals surface area contributed by atoms with Gasteiger partial charge in [-0.2, -0.15) is 0 Å². The lowest BCUT2D eigenvalue weighted by Crippen LogP contribution is -2.63. The first kappa shape index (κ1) is 26.6. The predicted molar refractivity (Wildman–Crippen MR) is 138 cm³/mol. The Kier molecular flexibility index (Phi) is 8.25. The summed E-state index contributed by atoms with van der Waals surface area (Å²) in [4.78, 5) is 0.652. The molecular formula is C16H46ClN2PSi5. The van der Waals surface area contributed by atoms with Gasteiger partial charge in [0.15, 0.2) is 8.24 Å². The summed E-state index contributed by atoms with van der Waals surface area (Å²) in [5.74, 6) is 0. The van der Waals surface area contributed by atoms with E-state index in [1.54, 1.807) is 0 Å². The smallest absolute Gasteiger partial charge is 0.173 e. The zero-order valence-electron chi connectivity index (χ0n) is 19.8. The van der Waals surface area contributed by atoms with Crippen LogP contribution in [0.15, 0.2) is 4.41 Å². The van der Waals surface area contributed by atoms with Crippen molar-refractivity contribution in [2.45, 2.75) is 103 Å². The van der Waals surface area contributed by atoms with Crippen molar-refractivity contribution in [3.05, 3.63) is 0 Å². The zero-order valence-corrected chi connectivity index (χ0v) is 26.4. The molecule has 25 heavy (non-hydrogen) atoms. The zero-order chi connectivity index (χ0) is 20.9. The third-order valence-electron chi connectivity index (χ3n) is 3.96. The number of halogens is 1. The van der Waals surface area contributed by atoms with Gasteiger partial charge in [-0.05, 0) is 19.6 Å². The Morgan fingerprint density at radius 1 is 0.640 bits per heavy atom. The van der Waals surface area contributed by atoms with Crippen molar-refractivity contribution in [1.82, 2.24) is 4.00 Å². The molecule has 0 rings (SSSR count). The molecule has 0 saturated carbocycles. The molecular weight excluding hydrogens is 427 g/mol. The molecule has 1 atom stereocenters. The van der Waals surface area contributed by atoms with Crippen LogP contribution in [0, 0.1) is 0 Å². The van der Waals surface area contributed by atoms with Gasteiger partial charge in [-0.15, -0.1) is 0 Å². The SMILES string of the molecule is C[Si](C)(C)N=P(Cl)(C([Si](C)(C)C)[Si](C)(C)C)N([Si](C)(C)C)[Si](C)(C)C. The lowest BCUT2D eigenvalue weighted by atomic mass is 11.7. The van der Waals surface area contributed by atoms with Crippen molar-refractivity contribution in [3.8, 4) is 0 Å². The summed E-state index contributed by atoms with van der Waals surface area (Å²) in [6.45, 7) is 35.3. The van der Waals surface area contributed by atoms with Gasteiger partial charge in [-0.3, -0.25) is 0 Å². The van der Waals surface area contributed by atoms with Crippen molar-refractivity contribution in [2.24, 2.45) is 4.41 Å². The Morgan fingerprint density at radius 2 is 0.920 bits per heavy atom. The first-order valence-electron chi connectivity index (χ1n) is 9.58. The lowest BCUT2D eigenvalue weighted by Gasteiger charge is -2.56. The summed E-state index contributed by atoms with van der Waals surface area (Å²) in [6.07, 6.45) is 0. The van der Waals surface area contributed by atoms with Gasteiger partial charge < -0.3 is 8.41 Å². The fraction of sp³-hybridized carbons (Fsp3) is 1.00. The predicted octanol–water partition coefficient (Wildman–Crippen LogP) is 8.19. The van der Waals surface area contributed by atoms with Gasteiger partial charge in [0.2, 0.25) is 0 Å². The summed E-state index contributed by atoms with van der Waals surface area (Å²) < 4.78 is 8.61. The largest absolute Gasteiger partial charge is 0.313 e. The highest BCUT2D eigenvalue weighted by molar-refractivity contribution is 7.96. The number of hydrogen-bond donors (Lipinski definition) is 0. The van der Waals surface area contributed by atoms with Gasteiger partial charge in [0.05, 0.1) is 22.7 Å². The molecule has 0 N–H and O–H groups in total. The molecule has 0 aromatic rings. The van der Waals surface area contributed by atoms with E-state index in [0.717, 1.165) is 0 Å². The van der Waals surface area contributed by atoms with Crippen molar-refractivity contribution >= 4 is 58.7 Å². The van der Waals surface area contributed by atoms with Gasteiger partial charge >= 0.3 is 0 Å². The summed E-state index contributed by atoms with van der Waals surface area (Å²) in [6, 6.07) is 0. The second-order valence-corrected chi connectivity index (χ2v) is 44.3. The van der Waals surface area contributed by atoms with Crippen molar-refractivity contribution in [1.29, 1.82) is 0 Å². The Bertz CT molecular complexity index is 455. The van der Waals surface area contributed by atoms with Gasteiger partial charge in [-0.25, -0.2) is 0 Å². The highest BCUT2D eigenvalue weighted by Gasteiger charge is 2.54. The fourth-order valence-corrected chi connectivity index (χ4v) is 58.3. The van der Waals surface area contributed by atoms with E-state index in [2.05, 4.69) is 102 Å². The monoisotopic (exact) mass is 472 g/mol. The Morgan fingerprint density at radius 3 is 1.08 bits per heavy atom. The fourth-order valence-electron chi connectivity index (χ4n) is 4.77. The van der Waals surface area contributed by atoms with E-state index in [-0.39, 0.29) is 0 Å². The van der Waals surface area contributed by atoms with Gasteiger partial charge in [-0.1, -0.05) is 89.8 Å². The molecule has 0 amide bonds. The number of rotatable bonds is 7. The molecule has 0 radical (unpaired) electrons. The first-order chi connectivity index (χ1) is 10.4. The van der Waals surface area contributed by atoms with E-state index < -0.39 is 47.4 Å². The summed E-state index contributed by atoms with van der Waals surface area (Å²) in [5.41, 5.74) is 0. The standard InChI is InChI=1S/C16H46ClN2PSi5/c1-21(2,3)16(22(4,5)6)20(17,18-23(7,8)9)19(24(10,11)12)25(13,14)15/h16H,1-15H3. The van der Waals surface area contributed by atoms with Crippen LogP contribution in [0.3, 0.4) is 0 Å². The van der Waals surface area contributed by atoms with Crippen LogP contribution in [-0.2, 0) is 0 Å². The highest BCUT2D eigenvalue weighted by Crippen LogP contribution is 2.70. The molecule has 0 aromatic carbocycles. The number of nitrogens with zero attached hydrogens (tertiary/aromatic N) is 2. The van der Waals surface area contributed by atoms with E-state index in [4.69, 9.17) is 15.7 Å². The van der Waals surface area contributed by atoms with Crippen LogP contribution in [0.1, 0.15) is 0 Å². The minimum atomic E-state index is -2.06. The molecule has 0 saturated heterocycles. The van der Waals surface area contributed by atoms with Crippen LogP contribution in [0.25, 0.3) is 0 Å². The Balaban J connectivity index is 7.17. The number of hydrogen-bond acceptors (Lipinski definition) is 1. The van der Waals surface area contributed by atoms with E-state index >= 15 is 0 Å². The molecule has 0 fully saturated rings. The average Bonchev–Trinajstić information content (AvgIpc) is 1.98. The minimum absolute atomic E-state index is 0.652. The van der Waals surface area contributed by atoms with E-state index in [1.165, 1.54) is 0 Å². The second kappa shape index (κ2) is 7.77. The molecule has 152 valence electrons.